The second-order valence-corrected chi connectivity index (χ2v) is 2.82. The fraction of sp³-hybridized carbons (Fsp3) is 0.667. The minimum Gasteiger partial charge on any atom is -0.220 e. The summed E-state index contributed by atoms with van der Waals surface area (Å²) in [6, 6.07) is 0.345. The number of nitrogens with zero attached hydrogens (tertiary/aromatic N) is 5. The van der Waals surface area contributed by atoms with Crippen LogP contribution in [0.4, 0.5) is 5.95 Å². The van der Waals surface area contributed by atoms with Crippen molar-refractivity contribution in [2.75, 3.05) is 0 Å². The summed E-state index contributed by atoms with van der Waals surface area (Å²) in [6.07, 6.45) is 0.942. The van der Waals surface area contributed by atoms with Crippen LogP contribution < -0.4 is 0 Å². The Labute approximate surface area is 64.1 Å². The second kappa shape index (κ2) is 2.11. The Morgan fingerprint density at radius 1 is 1.55 bits per heavy atom. The summed E-state index contributed by atoms with van der Waals surface area (Å²) in [7, 11) is 0. The van der Waals surface area contributed by atoms with Gasteiger partial charge in [0.15, 0.2) is 0 Å². The van der Waals surface area contributed by atoms with Crippen LogP contribution in [0.3, 0.4) is 0 Å². The molecule has 0 bridgehead atoms. The highest BCUT2D eigenvalue weighted by Gasteiger charge is 2.17. The molecule has 5 nitrogen and oxygen atoms in total. The van der Waals surface area contributed by atoms with E-state index in [2.05, 4.69) is 27.4 Å². The quantitative estimate of drug-likeness (QED) is 0.549. The molecule has 11 heavy (non-hydrogen) atoms. The highest BCUT2D eigenvalue weighted by molar-refractivity contribution is 5.84. The van der Waals surface area contributed by atoms with Gasteiger partial charge >= 0.3 is 0 Å². The van der Waals surface area contributed by atoms with E-state index in [4.69, 9.17) is 0 Å². The third-order valence-corrected chi connectivity index (χ3v) is 1.77. The Hall–Kier alpha value is -1.26. The van der Waals surface area contributed by atoms with Gasteiger partial charge in [0.05, 0.1) is 6.04 Å². The van der Waals surface area contributed by atoms with E-state index >= 15 is 0 Å². The van der Waals surface area contributed by atoms with Gasteiger partial charge in [-0.2, -0.15) is 0 Å². The summed E-state index contributed by atoms with van der Waals surface area (Å²) >= 11 is 0. The molecule has 0 N–H and O–H groups in total. The summed E-state index contributed by atoms with van der Waals surface area (Å²) in [5.41, 5.74) is 1.10. The molecule has 1 aromatic heterocycles. The highest BCUT2D eigenvalue weighted by Crippen LogP contribution is 2.22. The van der Waals surface area contributed by atoms with E-state index in [1.165, 1.54) is 0 Å². The zero-order chi connectivity index (χ0) is 7.84. The summed E-state index contributed by atoms with van der Waals surface area (Å²) in [6.45, 7) is 4.08. The van der Waals surface area contributed by atoms with Crippen LogP contribution in [0, 0.1) is 0 Å². The lowest BCUT2D eigenvalue weighted by atomic mass is 10.1. The third kappa shape index (κ3) is 0.923. The summed E-state index contributed by atoms with van der Waals surface area (Å²) in [5, 5.41) is 11.1. The Morgan fingerprint density at radius 3 is 3.18 bits per heavy atom. The molecule has 0 saturated carbocycles. The predicted octanol–water partition coefficient (Wildman–Crippen LogP) is 0.730. The minimum atomic E-state index is 0.345. The average Bonchev–Trinajstić information content (AvgIpc) is 2.34. The first kappa shape index (κ1) is 6.45. The maximum atomic E-state index is 4.20. The van der Waals surface area contributed by atoms with Crippen molar-refractivity contribution in [3.63, 3.8) is 0 Å². The normalized spacial score (nSPS) is 22.7. The highest BCUT2D eigenvalue weighted by atomic mass is 15.6. The molecule has 0 spiro atoms. The Morgan fingerprint density at radius 2 is 2.36 bits per heavy atom. The molecule has 1 aliphatic heterocycles. The van der Waals surface area contributed by atoms with Gasteiger partial charge in [0.1, 0.15) is 0 Å². The van der Waals surface area contributed by atoms with Crippen LogP contribution in [0.1, 0.15) is 26.3 Å². The fourth-order valence-electron chi connectivity index (χ4n) is 1.28. The van der Waals surface area contributed by atoms with Gasteiger partial charge < -0.3 is 0 Å². The maximum absolute atomic E-state index is 4.20. The fourth-order valence-corrected chi connectivity index (χ4v) is 1.28. The molecule has 1 unspecified atom stereocenters. The zero-order valence-corrected chi connectivity index (χ0v) is 6.52. The Bertz CT molecular complexity index is 300. The van der Waals surface area contributed by atoms with E-state index < -0.39 is 0 Å². The van der Waals surface area contributed by atoms with Crippen LogP contribution >= 0.6 is 0 Å². The first-order valence-corrected chi connectivity index (χ1v) is 3.59. The lowest BCUT2D eigenvalue weighted by molar-refractivity contribution is 0.485. The number of aliphatic imine (C=N–C) groups is 1. The molecule has 1 atom stereocenters. The first-order chi connectivity index (χ1) is 5.27. The molecule has 0 saturated heterocycles. The van der Waals surface area contributed by atoms with E-state index in [0.717, 1.165) is 12.1 Å². The van der Waals surface area contributed by atoms with Crippen molar-refractivity contribution >= 4 is 11.7 Å². The molecule has 58 valence electrons. The molecule has 0 aromatic carbocycles. The number of hydrogen-bond acceptors (Lipinski definition) is 4. The Kier molecular flexibility index (Phi) is 1.24. The molecule has 1 aromatic rings. The van der Waals surface area contributed by atoms with Crippen LogP contribution in [0.25, 0.3) is 0 Å². The third-order valence-electron chi connectivity index (χ3n) is 1.77. The van der Waals surface area contributed by atoms with Crippen molar-refractivity contribution in [3.05, 3.63) is 0 Å². The summed E-state index contributed by atoms with van der Waals surface area (Å²) in [4.78, 5) is 4.20. The average molecular weight is 151 g/mol. The number of hydrogen-bond donors (Lipinski definition) is 0. The van der Waals surface area contributed by atoms with E-state index in [1.807, 2.05) is 6.92 Å². The van der Waals surface area contributed by atoms with Crippen LogP contribution in [0.5, 0.6) is 0 Å². The molecule has 5 heteroatoms. The van der Waals surface area contributed by atoms with Gasteiger partial charge in [-0.05, 0) is 24.3 Å². The van der Waals surface area contributed by atoms with Crippen LogP contribution in [-0.2, 0) is 0 Å². The summed E-state index contributed by atoms with van der Waals surface area (Å²) in [5.74, 6) is 0.626. The molecule has 2 heterocycles. The smallest absolute Gasteiger partial charge is 0.220 e. The van der Waals surface area contributed by atoms with E-state index in [-0.39, 0.29) is 0 Å². The zero-order valence-electron chi connectivity index (χ0n) is 6.52. The monoisotopic (exact) mass is 151 g/mol. The SMILES string of the molecule is CC1=Nc2nnnn2C(C)C1. The number of aromatic nitrogens is 4. The number of tetrazole rings is 1. The molecular weight excluding hydrogens is 142 g/mol. The largest absolute Gasteiger partial charge is 0.269 e. The molecule has 0 aliphatic carbocycles. The van der Waals surface area contributed by atoms with Crippen LogP contribution in [-0.4, -0.2) is 25.9 Å². The van der Waals surface area contributed by atoms with E-state index in [9.17, 15) is 0 Å². The first-order valence-electron chi connectivity index (χ1n) is 3.59. The van der Waals surface area contributed by atoms with Gasteiger partial charge in [0.25, 0.3) is 5.95 Å². The van der Waals surface area contributed by atoms with Gasteiger partial charge in [-0.1, -0.05) is 5.10 Å². The van der Waals surface area contributed by atoms with Gasteiger partial charge in [-0.3, -0.25) is 0 Å². The van der Waals surface area contributed by atoms with Crippen molar-refractivity contribution in [2.45, 2.75) is 26.3 Å². The van der Waals surface area contributed by atoms with Crippen molar-refractivity contribution < 1.29 is 0 Å². The molecule has 0 fully saturated rings. The lowest BCUT2D eigenvalue weighted by Gasteiger charge is -2.15. The maximum Gasteiger partial charge on any atom is 0.269 e. The molecule has 1 aliphatic rings. The van der Waals surface area contributed by atoms with Gasteiger partial charge in [0, 0.05) is 12.1 Å². The Balaban J connectivity index is 2.51. The standard InChI is InChI=1S/C6H9N5/c1-4-3-5(2)11-6(7-4)8-9-10-11/h5H,3H2,1-2H3. The summed E-state index contributed by atoms with van der Waals surface area (Å²) < 4.78 is 1.74. The topological polar surface area (TPSA) is 56.0 Å². The van der Waals surface area contributed by atoms with Crippen molar-refractivity contribution in [1.82, 2.24) is 20.2 Å². The van der Waals surface area contributed by atoms with E-state index in [0.29, 0.717) is 12.0 Å². The van der Waals surface area contributed by atoms with Gasteiger partial charge in [-0.25, -0.2) is 9.67 Å². The van der Waals surface area contributed by atoms with Crippen molar-refractivity contribution in [2.24, 2.45) is 4.99 Å². The van der Waals surface area contributed by atoms with Gasteiger partial charge in [0.2, 0.25) is 0 Å². The van der Waals surface area contributed by atoms with E-state index in [1.54, 1.807) is 4.68 Å². The molecule has 0 amide bonds. The minimum absolute atomic E-state index is 0.345. The number of fused-ring (bicyclic) bond motifs is 1. The van der Waals surface area contributed by atoms with Gasteiger partial charge in [-0.15, -0.1) is 0 Å². The van der Waals surface area contributed by atoms with Crippen LogP contribution in [0.2, 0.25) is 0 Å². The molecule has 0 radical (unpaired) electrons. The molecular formula is C6H9N5. The van der Waals surface area contributed by atoms with Crippen LogP contribution in [0.15, 0.2) is 4.99 Å². The van der Waals surface area contributed by atoms with Crippen molar-refractivity contribution in [3.8, 4) is 0 Å². The lowest BCUT2D eigenvalue weighted by Crippen LogP contribution is -2.14. The molecule has 2 rings (SSSR count). The predicted molar refractivity (Wildman–Crippen MR) is 39.9 cm³/mol. The second-order valence-electron chi connectivity index (χ2n) is 2.82. The van der Waals surface area contributed by atoms with Crippen molar-refractivity contribution in [1.29, 1.82) is 0 Å². The number of rotatable bonds is 0.